The van der Waals surface area contributed by atoms with Crippen LogP contribution in [0.3, 0.4) is 0 Å². The SMILES string of the molecule is NC(=O)OC[C@@H]1N=C(N)N2CC/C(=N\OCC(=O)O)[C@@]23NC(N)=N[C@@H]13. The largest absolute Gasteiger partial charge is 0.479 e. The van der Waals surface area contributed by atoms with Crippen molar-refractivity contribution in [3.05, 3.63) is 0 Å². The first kappa shape index (κ1) is 16.6. The third kappa shape index (κ3) is 2.72. The molecule has 136 valence electrons. The number of aliphatic imine (C=N–C) groups is 2. The van der Waals surface area contributed by atoms with E-state index >= 15 is 0 Å². The van der Waals surface area contributed by atoms with E-state index in [1.165, 1.54) is 0 Å². The van der Waals surface area contributed by atoms with Crippen molar-refractivity contribution < 1.29 is 24.3 Å². The number of carbonyl (C=O) groups excluding carboxylic acids is 1. The smallest absolute Gasteiger partial charge is 0.404 e. The summed E-state index contributed by atoms with van der Waals surface area (Å²) in [7, 11) is 0. The van der Waals surface area contributed by atoms with Crippen LogP contribution in [0.5, 0.6) is 0 Å². The van der Waals surface area contributed by atoms with Crippen molar-refractivity contribution in [3.63, 3.8) is 0 Å². The molecular weight excluding hydrogens is 336 g/mol. The zero-order valence-electron chi connectivity index (χ0n) is 13.1. The maximum absolute atomic E-state index is 10.9. The van der Waals surface area contributed by atoms with Gasteiger partial charge in [-0.15, -0.1) is 0 Å². The lowest BCUT2D eigenvalue weighted by Crippen LogP contribution is -2.71. The molecule has 0 aromatic carbocycles. The van der Waals surface area contributed by atoms with E-state index in [0.717, 1.165) is 0 Å². The number of primary amides is 1. The Balaban J connectivity index is 1.93. The van der Waals surface area contributed by atoms with Crippen molar-refractivity contribution in [2.24, 2.45) is 32.3 Å². The van der Waals surface area contributed by atoms with Crippen molar-refractivity contribution in [1.82, 2.24) is 10.2 Å². The number of rotatable bonds is 5. The summed E-state index contributed by atoms with van der Waals surface area (Å²) in [5.41, 5.74) is 16.3. The van der Waals surface area contributed by atoms with Gasteiger partial charge in [0.2, 0.25) is 6.61 Å². The van der Waals surface area contributed by atoms with Gasteiger partial charge in [0.05, 0.1) is 0 Å². The highest BCUT2D eigenvalue weighted by Gasteiger charge is 2.61. The Morgan fingerprint density at radius 3 is 2.88 bits per heavy atom. The Labute approximate surface area is 141 Å². The second-order valence-electron chi connectivity index (χ2n) is 5.64. The van der Waals surface area contributed by atoms with Crippen molar-refractivity contribution in [1.29, 1.82) is 0 Å². The second-order valence-corrected chi connectivity index (χ2v) is 5.64. The highest BCUT2D eigenvalue weighted by Crippen LogP contribution is 2.38. The summed E-state index contributed by atoms with van der Waals surface area (Å²) in [6.07, 6.45) is -0.510. The fourth-order valence-corrected chi connectivity index (χ4v) is 3.30. The zero-order valence-corrected chi connectivity index (χ0v) is 13.1. The molecule has 3 aliphatic rings. The molecule has 0 aromatic rings. The van der Waals surface area contributed by atoms with Crippen LogP contribution < -0.4 is 22.5 Å². The van der Waals surface area contributed by atoms with Crippen LogP contribution in [-0.2, 0) is 14.4 Å². The van der Waals surface area contributed by atoms with Gasteiger partial charge in [0.15, 0.2) is 17.6 Å². The summed E-state index contributed by atoms with van der Waals surface area (Å²) < 4.78 is 4.84. The molecule has 13 nitrogen and oxygen atoms in total. The third-order valence-electron chi connectivity index (χ3n) is 4.16. The number of hydrogen-bond donors (Lipinski definition) is 5. The van der Waals surface area contributed by atoms with E-state index in [9.17, 15) is 9.59 Å². The number of oxime groups is 1. The molecule has 0 unspecified atom stereocenters. The van der Waals surface area contributed by atoms with Gasteiger partial charge < -0.3 is 42.1 Å². The summed E-state index contributed by atoms with van der Waals surface area (Å²) in [4.78, 5) is 36.8. The van der Waals surface area contributed by atoms with Crippen molar-refractivity contribution >= 4 is 29.7 Å². The number of carboxylic acids is 1. The molecule has 0 aliphatic carbocycles. The van der Waals surface area contributed by atoms with Gasteiger partial charge in [-0.25, -0.2) is 19.6 Å². The Morgan fingerprint density at radius 1 is 1.44 bits per heavy atom. The molecule has 0 radical (unpaired) electrons. The normalized spacial score (nSPS) is 31.5. The van der Waals surface area contributed by atoms with Crippen LogP contribution >= 0.6 is 0 Å². The average molecular weight is 354 g/mol. The predicted octanol–water partition coefficient (Wildman–Crippen LogP) is -3.08. The average Bonchev–Trinajstić information content (AvgIpc) is 3.05. The fraction of sp³-hybridized carbons (Fsp3) is 0.583. The Morgan fingerprint density at radius 2 is 2.20 bits per heavy atom. The number of aliphatic carboxylic acids is 1. The Kier molecular flexibility index (Phi) is 3.98. The van der Waals surface area contributed by atoms with Crippen molar-refractivity contribution in [2.75, 3.05) is 19.8 Å². The fourth-order valence-electron chi connectivity index (χ4n) is 3.30. The maximum atomic E-state index is 10.9. The number of carboxylic acid groups (broad SMARTS) is 1. The van der Waals surface area contributed by atoms with Crippen LogP contribution in [0.1, 0.15) is 6.42 Å². The van der Waals surface area contributed by atoms with Crippen LogP contribution in [0, 0.1) is 0 Å². The maximum Gasteiger partial charge on any atom is 0.404 e. The van der Waals surface area contributed by atoms with Crippen LogP contribution in [0.15, 0.2) is 15.1 Å². The zero-order chi connectivity index (χ0) is 18.2. The number of nitrogens with zero attached hydrogens (tertiary/aromatic N) is 4. The molecule has 1 fully saturated rings. The van der Waals surface area contributed by atoms with Gasteiger partial charge >= 0.3 is 12.1 Å². The van der Waals surface area contributed by atoms with Crippen molar-refractivity contribution in [2.45, 2.75) is 24.2 Å². The standard InChI is InChI=1S/C12H18N8O5/c13-9-17-8-5(3-24-11(15)23)16-10(14)20-2-1-6(12(8,20)18-9)19-25-4-7(21)22/h5,8H,1-4H2,(H2,14,16)(H2,15,23)(H,21,22)(H3,13,17,18)/b19-6+/t5-,8-,12+/m0/s1. The topological polar surface area (TPSA) is 203 Å². The van der Waals surface area contributed by atoms with Gasteiger partial charge in [0, 0.05) is 13.0 Å². The highest BCUT2D eigenvalue weighted by molar-refractivity contribution is 6.05. The summed E-state index contributed by atoms with van der Waals surface area (Å²) in [6.45, 7) is -0.267. The number of nitrogens with two attached hydrogens (primary N) is 3. The minimum Gasteiger partial charge on any atom is -0.479 e. The van der Waals surface area contributed by atoms with Crippen LogP contribution in [-0.4, -0.2) is 77.2 Å². The van der Waals surface area contributed by atoms with Gasteiger partial charge in [0.25, 0.3) is 0 Å². The molecular formula is C12H18N8O5. The molecule has 3 rings (SSSR count). The molecule has 0 aromatic heterocycles. The van der Waals surface area contributed by atoms with Crippen molar-refractivity contribution in [3.8, 4) is 0 Å². The number of hydrogen-bond acceptors (Lipinski definition) is 11. The number of amides is 1. The minimum absolute atomic E-state index is 0.136. The number of carbonyl (C=O) groups is 2. The first-order chi connectivity index (χ1) is 11.8. The number of nitrogens with one attached hydrogen (secondary N) is 1. The summed E-state index contributed by atoms with van der Waals surface area (Å²) in [5.74, 6) is -0.826. The van der Waals surface area contributed by atoms with E-state index in [-0.39, 0.29) is 18.5 Å². The Hall–Kier alpha value is -3.25. The number of ether oxygens (including phenoxy) is 1. The molecule has 0 bridgehead atoms. The molecule has 1 spiro atoms. The highest BCUT2D eigenvalue weighted by atomic mass is 16.6. The minimum atomic E-state index is -1.15. The van der Waals surface area contributed by atoms with E-state index < -0.39 is 36.4 Å². The molecule has 25 heavy (non-hydrogen) atoms. The molecule has 1 amide bonds. The van der Waals surface area contributed by atoms with Crippen LogP contribution in [0.25, 0.3) is 0 Å². The molecule has 8 N–H and O–H groups in total. The van der Waals surface area contributed by atoms with E-state index in [1.54, 1.807) is 4.90 Å². The quantitative estimate of drug-likeness (QED) is 0.317. The lowest BCUT2D eigenvalue weighted by Gasteiger charge is -2.44. The first-order valence-electron chi connectivity index (χ1n) is 7.40. The van der Waals surface area contributed by atoms with Gasteiger partial charge in [-0.1, -0.05) is 5.16 Å². The molecule has 3 heterocycles. The first-order valence-corrected chi connectivity index (χ1v) is 7.40. The van der Waals surface area contributed by atoms with Crippen LogP contribution in [0.2, 0.25) is 0 Å². The van der Waals surface area contributed by atoms with E-state index in [4.69, 9.17) is 31.9 Å². The Bertz CT molecular complexity index is 691. The van der Waals surface area contributed by atoms with Crippen LogP contribution in [0.4, 0.5) is 4.79 Å². The number of guanidine groups is 2. The summed E-state index contributed by atoms with van der Waals surface area (Å²) in [5, 5.41) is 15.7. The van der Waals surface area contributed by atoms with Gasteiger partial charge in [-0.3, -0.25) is 0 Å². The monoisotopic (exact) mass is 354 g/mol. The van der Waals surface area contributed by atoms with Gasteiger partial charge in [0.1, 0.15) is 24.4 Å². The van der Waals surface area contributed by atoms with E-state index in [2.05, 4.69) is 20.5 Å². The molecule has 13 heteroatoms. The molecule has 3 atom stereocenters. The van der Waals surface area contributed by atoms with Gasteiger partial charge in [-0.05, 0) is 0 Å². The lowest BCUT2D eigenvalue weighted by atomic mass is 9.90. The van der Waals surface area contributed by atoms with E-state index in [1.807, 2.05) is 0 Å². The summed E-state index contributed by atoms with van der Waals surface area (Å²) >= 11 is 0. The molecule has 3 aliphatic heterocycles. The molecule has 0 saturated carbocycles. The van der Waals surface area contributed by atoms with E-state index in [0.29, 0.717) is 18.7 Å². The second kappa shape index (κ2) is 5.99. The van der Waals surface area contributed by atoms with Gasteiger partial charge in [-0.2, -0.15) is 0 Å². The lowest BCUT2D eigenvalue weighted by molar-refractivity contribution is -0.142. The molecule has 1 saturated heterocycles. The predicted molar refractivity (Wildman–Crippen MR) is 84.6 cm³/mol. The third-order valence-corrected chi connectivity index (χ3v) is 4.16. The summed E-state index contributed by atoms with van der Waals surface area (Å²) in [6, 6.07) is -1.24.